The van der Waals surface area contributed by atoms with E-state index in [1.807, 2.05) is 19.4 Å². The van der Waals surface area contributed by atoms with Gasteiger partial charge in [-0.2, -0.15) is 0 Å². The van der Waals surface area contributed by atoms with Crippen LogP contribution in [0.3, 0.4) is 0 Å². The Morgan fingerprint density at radius 1 is 1.12 bits per heavy atom. The quantitative estimate of drug-likeness (QED) is 0.452. The van der Waals surface area contributed by atoms with Gasteiger partial charge in [0.15, 0.2) is 0 Å². The van der Waals surface area contributed by atoms with Gasteiger partial charge in [0.25, 0.3) is 0 Å². The van der Waals surface area contributed by atoms with Gasteiger partial charge in [0.05, 0.1) is 14.1 Å². The molecule has 0 unspecified atom stereocenters. The predicted molar refractivity (Wildman–Crippen MR) is 28.7 cm³/mol. The van der Waals surface area contributed by atoms with Gasteiger partial charge in [-0.15, -0.1) is 0 Å². The van der Waals surface area contributed by atoms with Crippen LogP contribution in [-0.2, 0) is 0 Å². The summed E-state index contributed by atoms with van der Waals surface area (Å²) in [7, 11) is 4.00. The summed E-state index contributed by atoms with van der Waals surface area (Å²) in [5.41, 5.74) is 0. The van der Waals surface area contributed by atoms with Crippen molar-refractivity contribution in [2.75, 3.05) is 14.1 Å². The average Bonchev–Trinajstić information content (AvgIpc) is 1.27. The largest absolute Gasteiger partial charge is 0.475 e. The third-order valence-electron chi connectivity index (χ3n) is 0. The van der Waals surface area contributed by atoms with E-state index in [0.29, 0.717) is 0 Å². The molecule has 0 aliphatic rings. The molecule has 2 N–H and O–H groups in total. The van der Waals surface area contributed by atoms with E-state index in [1.165, 1.54) is 0 Å². The van der Waals surface area contributed by atoms with Gasteiger partial charge >= 0.3 is 6.98 Å². The molecule has 5 heteroatoms. The summed E-state index contributed by atoms with van der Waals surface area (Å²) in [6.07, 6.45) is 0. The van der Waals surface area contributed by atoms with Crippen LogP contribution in [0.1, 0.15) is 0 Å². The van der Waals surface area contributed by atoms with Gasteiger partial charge in [-0.05, 0) is 0 Å². The van der Waals surface area contributed by atoms with Gasteiger partial charge in [-0.3, -0.25) is 0 Å². The fourth-order valence-electron chi connectivity index (χ4n) is 0. The molecule has 0 radical (unpaired) electrons. The first-order chi connectivity index (χ1) is 3.41. The van der Waals surface area contributed by atoms with Crippen molar-refractivity contribution in [1.82, 2.24) is 0 Å². The summed E-state index contributed by atoms with van der Waals surface area (Å²) >= 11 is 0. The van der Waals surface area contributed by atoms with E-state index in [1.54, 1.807) is 0 Å². The third-order valence-corrected chi connectivity index (χ3v) is 0. The van der Waals surface area contributed by atoms with Gasteiger partial charge in [0.1, 0.15) is 0 Å². The number of nitrogens with two attached hydrogens (primary N) is 1. The SMILES string of the molecule is C[B-](F)(F)F.C[NH2+]C. The monoisotopic (exact) mass is 129 g/mol. The lowest BCUT2D eigenvalue weighted by atomic mass is 9.99. The van der Waals surface area contributed by atoms with Crippen molar-refractivity contribution in [3.8, 4) is 0 Å². The number of halogens is 3. The smallest absolute Gasteiger partial charge is 0.449 e. The maximum absolute atomic E-state index is 10.4. The Morgan fingerprint density at radius 3 is 1.12 bits per heavy atom. The van der Waals surface area contributed by atoms with Crippen LogP contribution >= 0.6 is 0 Å². The van der Waals surface area contributed by atoms with Gasteiger partial charge in [-0.1, -0.05) is 6.82 Å². The van der Waals surface area contributed by atoms with Crippen LogP contribution in [0.25, 0.3) is 0 Å². The Labute approximate surface area is 47.3 Å². The van der Waals surface area contributed by atoms with E-state index in [2.05, 4.69) is 0 Å². The van der Waals surface area contributed by atoms with Gasteiger partial charge in [0, 0.05) is 0 Å². The zero-order chi connectivity index (χ0) is 7.21. The molecule has 0 fully saturated rings. The van der Waals surface area contributed by atoms with Crippen LogP contribution in [0.4, 0.5) is 12.9 Å². The van der Waals surface area contributed by atoms with E-state index in [-0.39, 0.29) is 6.82 Å². The molecule has 0 amide bonds. The van der Waals surface area contributed by atoms with E-state index in [9.17, 15) is 12.9 Å². The summed E-state index contributed by atoms with van der Waals surface area (Å²) in [6.45, 7) is -4.25. The topological polar surface area (TPSA) is 16.6 Å². The fraction of sp³-hybridized carbons (Fsp3) is 1.00. The first-order valence-corrected chi connectivity index (χ1v) is 2.39. The van der Waals surface area contributed by atoms with Gasteiger partial charge in [-0.25, -0.2) is 0 Å². The van der Waals surface area contributed by atoms with Crippen LogP contribution in [0, 0.1) is 0 Å². The van der Waals surface area contributed by atoms with E-state index >= 15 is 0 Å². The van der Waals surface area contributed by atoms with Crippen molar-refractivity contribution in [1.29, 1.82) is 0 Å². The zero-order valence-corrected chi connectivity index (χ0v) is 5.29. The Kier molecular flexibility index (Phi) is 6.66. The molecule has 0 saturated carbocycles. The second-order valence-corrected chi connectivity index (χ2v) is 1.48. The van der Waals surface area contributed by atoms with Crippen LogP contribution in [0.2, 0.25) is 6.82 Å². The first-order valence-electron chi connectivity index (χ1n) is 2.39. The lowest BCUT2D eigenvalue weighted by molar-refractivity contribution is -0.597. The molecule has 0 aromatic heterocycles. The molecule has 52 valence electrons. The molecule has 0 saturated heterocycles. The van der Waals surface area contributed by atoms with Gasteiger partial charge in [0.2, 0.25) is 0 Å². The summed E-state index contributed by atoms with van der Waals surface area (Å²) in [5, 5.41) is 2.00. The van der Waals surface area contributed by atoms with Crippen LogP contribution in [0.5, 0.6) is 0 Å². The second-order valence-electron chi connectivity index (χ2n) is 1.48. The standard InChI is InChI=1S/C2H7N.CH3BF3/c1-3-2;1-2(3,4)5/h3H,1-2H3;1H3/q;-1/p+1. The number of quaternary nitrogens is 1. The molecular weight excluding hydrogens is 118 g/mol. The van der Waals surface area contributed by atoms with E-state index < -0.39 is 6.98 Å². The highest BCUT2D eigenvalue weighted by Crippen LogP contribution is 2.03. The summed E-state index contributed by atoms with van der Waals surface area (Å²) < 4.78 is 31.2. The van der Waals surface area contributed by atoms with Crippen molar-refractivity contribution >= 4 is 6.98 Å². The number of rotatable bonds is 0. The van der Waals surface area contributed by atoms with Gasteiger partial charge < -0.3 is 18.3 Å². The van der Waals surface area contributed by atoms with Crippen molar-refractivity contribution in [3.05, 3.63) is 0 Å². The first kappa shape index (κ1) is 10.7. The third kappa shape index (κ3) is 3940. The maximum atomic E-state index is 10.4. The normalized spacial score (nSPS) is 9.75. The Bertz CT molecular complexity index is 38.3. The summed E-state index contributed by atoms with van der Waals surface area (Å²) in [5.74, 6) is 0. The number of hydrogen-bond donors (Lipinski definition) is 1. The minimum atomic E-state index is -4.50. The molecule has 0 heterocycles. The molecule has 8 heavy (non-hydrogen) atoms. The Morgan fingerprint density at radius 2 is 1.12 bits per heavy atom. The Hall–Kier alpha value is -0.185. The van der Waals surface area contributed by atoms with Crippen LogP contribution in [-0.4, -0.2) is 21.1 Å². The lowest BCUT2D eigenvalue weighted by Crippen LogP contribution is -2.74. The highest BCUT2D eigenvalue weighted by molar-refractivity contribution is 6.56. The fourth-order valence-corrected chi connectivity index (χ4v) is 0. The average molecular weight is 129 g/mol. The van der Waals surface area contributed by atoms with E-state index in [0.717, 1.165) is 0 Å². The molecule has 0 atom stereocenters. The lowest BCUT2D eigenvalue weighted by Gasteiger charge is -1.99. The molecule has 0 aromatic carbocycles. The van der Waals surface area contributed by atoms with E-state index in [4.69, 9.17) is 0 Å². The maximum Gasteiger partial charge on any atom is 0.475 e. The Balaban J connectivity index is 0. The second kappa shape index (κ2) is 4.96. The summed E-state index contributed by atoms with van der Waals surface area (Å²) in [4.78, 5) is 0. The molecule has 0 aliphatic carbocycles. The van der Waals surface area contributed by atoms with Crippen molar-refractivity contribution in [2.24, 2.45) is 0 Å². The molecule has 0 aromatic rings. The van der Waals surface area contributed by atoms with Crippen LogP contribution < -0.4 is 5.32 Å². The molecule has 0 bridgehead atoms. The summed E-state index contributed by atoms with van der Waals surface area (Å²) in [6, 6.07) is 0. The minimum absolute atomic E-state index is 0.250. The zero-order valence-electron chi connectivity index (χ0n) is 5.29. The highest BCUT2D eigenvalue weighted by Gasteiger charge is 2.11. The molecule has 0 aliphatic heterocycles. The molecule has 0 rings (SSSR count). The molecule has 0 spiro atoms. The van der Waals surface area contributed by atoms with Crippen molar-refractivity contribution in [2.45, 2.75) is 6.82 Å². The molecular formula is C3H11BF3N. The highest BCUT2D eigenvalue weighted by atomic mass is 19.4. The minimum Gasteiger partial charge on any atom is -0.449 e. The van der Waals surface area contributed by atoms with Crippen LogP contribution in [0.15, 0.2) is 0 Å². The number of hydrogen-bond acceptors (Lipinski definition) is 0. The predicted octanol–water partition coefficient (Wildman–Crippen LogP) is 0.273. The van der Waals surface area contributed by atoms with Crippen molar-refractivity contribution in [3.63, 3.8) is 0 Å². The van der Waals surface area contributed by atoms with Crippen molar-refractivity contribution < 1.29 is 18.3 Å². The molecule has 1 nitrogen and oxygen atoms in total.